The van der Waals surface area contributed by atoms with Crippen molar-refractivity contribution in [3.05, 3.63) is 29.6 Å². The third-order valence-corrected chi connectivity index (χ3v) is 2.12. The van der Waals surface area contributed by atoms with E-state index in [0.717, 1.165) is 18.4 Å². The molecule has 2 amide bonds. The van der Waals surface area contributed by atoms with Crippen LogP contribution in [-0.4, -0.2) is 12.6 Å². The van der Waals surface area contributed by atoms with E-state index < -0.39 is 0 Å². The summed E-state index contributed by atoms with van der Waals surface area (Å²) in [5.74, 6) is -0.344. The maximum Gasteiger partial charge on any atom is 0.319 e. The van der Waals surface area contributed by atoms with Crippen LogP contribution in [0.2, 0.25) is 0 Å². The lowest BCUT2D eigenvalue weighted by Gasteiger charge is -2.07. The van der Waals surface area contributed by atoms with Crippen molar-refractivity contribution in [2.24, 2.45) is 0 Å². The zero-order chi connectivity index (χ0) is 12.0. The van der Waals surface area contributed by atoms with Crippen molar-refractivity contribution < 1.29 is 9.18 Å². The van der Waals surface area contributed by atoms with Gasteiger partial charge in [-0.1, -0.05) is 13.3 Å². The van der Waals surface area contributed by atoms with Crippen LogP contribution < -0.4 is 10.6 Å². The molecule has 0 heterocycles. The van der Waals surface area contributed by atoms with E-state index in [1.165, 1.54) is 12.1 Å². The van der Waals surface area contributed by atoms with Crippen molar-refractivity contribution >= 4 is 11.7 Å². The number of hydrogen-bond donors (Lipinski definition) is 2. The number of amides is 2. The van der Waals surface area contributed by atoms with Gasteiger partial charge in [0.25, 0.3) is 0 Å². The van der Waals surface area contributed by atoms with Gasteiger partial charge in [-0.2, -0.15) is 0 Å². The summed E-state index contributed by atoms with van der Waals surface area (Å²) in [6.45, 7) is 4.47. The molecule has 1 rings (SSSR count). The van der Waals surface area contributed by atoms with E-state index in [4.69, 9.17) is 0 Å². The molecular weight excluding hydrogens is 207 g/mol. The van der Waals surface area contributed by atoms with Gasteiger partial charge >= 0.3 is 6.03 Å². The van der Waals surface area contributed by atoms with Gasteiger partial charge in [-0.05, 0) is 37.1 Å². The van der Waals surface area contributed by atoms with Crippen molar-refractivity contribution in [1.82, 2.24) is 5.32 Å². The third kappa shape index (κ3) is 4.29. The number of aryl methyl sites for hydroxylation is 1. The summed E-state index contributed by atoms with van der Waals surface area (Å²) >= 11 is 0. The minimum Gasteiger partial charge on any atom is -0.338 e. The first-order valence-corrected chi connectivity index (χ1v) is 5.44. The third-order valence-electron chi connectivity index (χ3n) is 2.12. The highest BCUT2D eigenvalue weighted by molar-refractivity contribution is 5.89. The maximum atomic E-state index is 13.0. The Morgan fingerprint density at radius 2 is 2.12 bits per heavy atom. The second-order valence-corrected chi connectivity index (χ2v) is 3.75. The van der Waals surface area contributed by atoms with Crippen LogP contribution in [0.15, 0.2) is 18.2 Å². The van der Waals surface area contributed by atoms with Crippen molar-refractivity contribution in [3.63, 3.8) is 0 Å². The highest BCUT2D eigenvalue weighted by Gasteiger charge is 2.02. The van der Waals surface area contributed by atoms with E-state index in [0.29, 0.717) is 12.2 Å². The number of carbonyl (C=O) groups is 1. The van der Waals surface area contributed by atoms with Gasteiger partial charge in [0.15, 0.2) is 0 Å². The van der Waals surface area contributed by atoms with Gasteiger partial charge < -0.3 is 10.6 Å². The van der Waals surface area contributed by atoms with Crippen LogP contribution in [-0.2, 0) is 0 Å². The first-order chi connectivity index (χ1) is 7.61. The number of urea groups is 1. The highest BCUT2D eigenvalue weighted by atomic mass is 19.1. The van der Waals surface area contributed by atoms with E-state index in [1.54, 1.807) is 13.0 Å². The van der Waals surface area contributed by atoms with Crippen LogP contribution >= 0.6 is 0 Å². The predicted molar refractivity (Wildman–Crippen MR) is 63.1 cm³/mol. The second-order valence-electron chi connectivity index (χ2n) is 3.75. The summed E-state index contributed by atoms with van der Waals surface area (Å²) in [5, 5.41) is 5.29. The molecule has 0 aliphatic carbocycles. The molecule has 0 saturated heterocycles. The number of nitrogens with one attached hydrogen (secondary N) is 2. The lowest BCUT2D eigenvalue weighted by molar-refractivity contribution is 0.252. The molecule has 4 heteroatoms. The van der Waals surface area contributed by atoms with Crippen LogP contribution in [0.4, 0.5) is 14.9 Å². The molecule has 88 valence electrons. The molecule has 0 spiro atoms. The lowest BCUT2D eigenvalue weighted by atomic mass is 10.2. The summed E-state index contributed by atoms with van der Waals surface area (Å²) in [6, 6.07) is 4.15. The summed E-state index contributed by atoms with van der Waals surface area (Å²) < 4.78 is 13.0. The van der Waals surface area contributed by atoms with E-state index in [1.807, 2.05) is 0 Å². The van der Waals surface area contributed by atoms with Crippen LogP contribution in [0.1, 0.15) is 25.3 Å². The molecule has 0 aliphatic heterocycles. The average molecular weight is 224 g/mol. The molecule has 16 heavy (non-hydrogen) atoms. The lowest BCUT2D eigenvalue weighted by Crippen LogP contribution is -2.29. The molecule has 3 nitrogen and oxygen atoms in total. The van der Waals surface area contributed by atoms with Crippen LogP contribution in [0.5, 0.6) is 0 Å². The Balaban J connectivity index is 2.49. The fraction of sp³-hybridized carbons (Fsp3) is 0.417. The molecule has 2 N–H and O–H groups in total. The minimum atomic E-state index is -0.344. The number of carbonyl (C=O) groups excluding carboxylic acids is 1. The predicted octanol–water partition coefficient (Wildman–Crippen LogP) is 3.06. The number of halogens is 1. The number of rotatable bonds is 4. The molecule has 0 radical (unpaired) electrons. The molecule has 0 fully saturated rings. The number of hydrogen-bond acceptors (Lipinski definition) is 1. The van der Waals surface area contributed by atoms with Crippen molar-refractivity contribution in [3.8, 4) is 0 Å². The maximum absolute atomic E-state index is 13.0. The fourth-order valence-electron chi connectivity index (χ4n) is 1.36. The largest absolute Gasteiger partial charge is 0.338 e. The molecule has 0 atom stereocenters. The molecule has 1 aromatic rings. The van der Waals surface area contributed by atoms with Gasteiger partial charge in [0.05, 0.1) is 0 Å². The Hall–Kier alpha value is -1.58. The van der Waals surface area contributed by atoms with Crippen LogP contribution in [0.25, 0.3) is 0 Å². The first kappa shape index (κ1) is 12.5. The molecule has 0 unspecified atom stereocenters. The summed E-state index contributed by atoms with van der Waals surface area (Å²) in [5.41, 5.74) is 1.26. The molecule has 0 bridgehead atoms. The summed E-state index contributed by atoms with van der Waals surface area (Å²) in [4.78, 5) is 11.4. The Morgan fingerprint density at radius 3 is 2.75 bits per heavy atom. The minimum absolute atomic E-state index is 0.293. The first-order valence-electron chi connectivity index (χ1n) is 5.44. The van der Waals surface area contributed by atoms with Gasteiger partial charge in [0, 0.05) is 12.2 Å². The number of benzene rings is 1. The van der Waals surface area contributed by atoms with E-state index in [-0.39, 0.29) is 11.8 Å². The van der Waals surface area contributed by atoms with Crippen molar-refractivity contribution in [1.29, 1.82) is 0 Å². The quantitative estimate of drug-likeness (QED) is 0.758. The highest BCUT2D eigenvalue weighted by Crippen LogP contribution is 2.12. The zero-order valence-electron chi connectivity index (χ0n) is 9.64. The topological polar surface area (TPSA) is 41.1 Å². The number of unbranched alkanes of at least 4 members (excludes halogenated alkanes) is 1. The van der Waals surface area contributed by atoms with E-state index in [9.17, 15) is 9.18 Å². The van der Waals surface area contributed by atoms with Crippen LogP contribution in [0.3, 0.4) is 0 Å². The number of anilines is 1. The van der Waals surface area contributed by atoms with E-state index in [2.05, 4.69) is 17.6 Å². The van der Waals surface area contributed by atoms with Gasteiger partial charge in [-0.3, -0.25) is 0 Å². The zero-order valence-corrected chi connectivity index (χ0v) is 9.64. The smallest absolute Gasteiger partial charge is 0.319 e. The fourth-order valence-corrected chi connectivity index (χ4v) is 1.36. The average Bonchev–Trinajstić information content (AvgIpc) is 2.16. The molecule has 0 saturated carbocycles. The second kappa shape index (κ2) is 6.10. The molecule has 0 aliphatic rings. The molecular formula is C12H17FN2O. The van der Waals surface area contributed by atoms with Crippen LogP contribution in [0, 0.1) is 12.7 Å². The van der Waals surface area contributed by atoms with Gasteiger partial charge in [-0.25, -0.2) is 9.18 Å². The Kier molecular flexibility index (Phi) is 4.76. The molecule has 0 aromatic heterocycles. The van der Waals surface area contributed by atoms with Gasteiger partial charge in [-0.15, -0.1) is 0 Å². The van der Waals surface area contributed by atoms with Gasteiger partial charge in [0.1, 0.15) is 5.82 Å². The monoisotopic (exact) mass is 224 g/mol. The van der Waals surface area contributed by atoms with E-state index >= 15 is 0 Å². The normalized spacial score (nSPS) is 9.94. The SMILES string of the molecule is CCCCNC(=O)Nc1cc(C)cc(F)c1. The standard InChI is InChI=1S/C12H17FN2O/c1-3-4-5-14-12(16)15-11-7-9(2)6-10(13)8-11/h6-8H,3-5H2,1-2H3,(H2,14,15,16). The Bertz CT molecular complexity index is 346. The Labute approximate surface area is 95.0 Å². The summed E-state index contributed by atoms with van der Waals surface area (Å²) in [7, 11) is 0. The molecule has 1 aromatic carbocycles. The van der Waals surface area contributed by atoms with Crippen molar-refractivity contribution in [2.75, 3.05) is 11.9 Å². The summed E-state index contributed by atoms with van der Waals surface area (Å²) in [6.07, 6.45) is 1.97. The van der Waals surface area contributed by atoms with Gasteiger partial charge in [0.2, 0.25) is 0 Å². The van der Waals surface area contributed by atoms with Crippen molar-refractivity contribution in [2.45, 2.75) is 26.7 Å². The Morgan fingerprint density at radius 1 is 1.38 bits per heavy atom.